The molecule has 7 nitrogen and oxygen atoms in total. The molecular weight excluding hydrogens is 230 g/mol. The van der Waals surface area contributed by atoms with Crippen molar-refractivity contribution in [1.82, 2.24) is 24.9 Å². The van der Waals surface area contributed by atoms with Gasteiger partial charge in [0.05, 0.1) is 12.5 Å². The number of pyridine rings is 1. The molecule has 0 aromatic carbocycles. The van der Waals surface area contributed by atoms with Crippen molar-refractivity contribution in [1.29, 1.82) is 0 Å². The largest absolute Gasteiger partial charge is 0.340 e. The normalized spacial score (nSPS) is 11.1. The van der Waals surface area contributed by atoms with Gasteiger partial charge in [0.1, 0.15) is 11.8 Å². The fourth-order valence-electron chi connectivity index (χ4n) is 1.47. The van der Waals surface area contributed by atoms with Crippen LogP contribution in [0.1, 0.15) is 5.56 Å². The Labute approximate surface area is 102 Å². The summed E-state index contributed by atoms with van der Waals surface area (Å²) in [5.74, 6) is 0.586. The lowest BCUT2D eigenvalue weighted by Gasteiger charge is -1.99. The first kappa shape index (κ1) is 10.3. The smallest absolute Gasteiger partial charge is 0.182 e. The van der Waals surface area contributed by atoms with Gasteiger partial charge in [-0.1, -0.05) is 0 Å². The van der Waals surface area contributed by atoms with Gasteiger partial charge in [0, 0.05) is 12.4 Å². The molecule has 2 N–H and O–H groups in total. The molecule has 3 rings (SSSR count). The minimum Gasteiger partial charge on any atom is -0.340 e. The number of nitrogens with zero attached hydrogens (tertiary/aromatic N) is 5. The van der Waals surface area contributed by atoms with Gasteiger partial charge < -0.3 is 4.98 Å². The molecule has 0 spiro atoms. The summed E-state index contributed by atoms with van der Waals surface area (Å²) in [6, 6.07) is 3.72. The van der Waals surface area contributed by atoms with Crippen LogP contribution in [0.5, 0.6) is 0 Å². The van der Waals surface area contributed by atoms with Gasteiger partial charge in [0.25, 0.3) is 0 Å². The maximum absolute atomic E-state index is 4.10. The van der Waals surface area contributed by atoms with Crippen molar-refractivity contribution in [2.24, 2.45) is 5.10 Å². The Bertz CT molecular complexity index is 674. The van der Waals surface area contributed by atoms with E-state index in [0.717, 1.165) is 11.1 Å². The van der Waals surface area contributed by atoms with E-state index in [0.29, 0.717) is 11.5 Å². The average molecular weight is 239 g/mol. The first-order valence-electron chi connectivity index (χ1n) is 5.26. The predicted octanol–water partition coefficient (Wildman–Crippen LogP) is 1.19. The lowest BCUT2D eigenvalue weighted by molar-refractivity contribution is 1.17. The highest BCUT2D eigenvalue weighted by Gasteiger charge is 2.03. The number of hydrogen-bond donors (Lipinski definition) is 2. The van der Waals surface area contributed by atoms with Crippen LogP contribution < -0.4 is 5.43 Å². The van der Waals surface area contributed by atoms with Crippen LogP contribution >= 0.6 is 0 Å². The highest BCUT2D eigenvalue weighted by molar-refractivity contribution is 5.84. The molecule has 0 amide bonds. The fraction of sp³-hybridized carbons (Fsp3) is 0. The van der Waals surface area contributed by atoms with E-state index >= 15 is 0 Å². The molecule has 0 unspecified atom stereocenters. The first-order valence-corrected chi connectivity index (χ1v) is 5.26. The van der Waals surface area contributed by atoms with Crippen LogP contribution in [0.4, 0.5) is 5.82 Å². The van der Waals surface area contributed by atoms with E-state index in [9.17, 15) is 0 Å². The lowest BCUT2D eigenvalue weighted by atomic mass is 10.3. The van der Waals surface area contributed by atoms with Crippen LogP contribution in [-0.2, 0) is 0 Å². The van der Waals surface area contributed by atoms with Crippen molar-refractivity contribution in [2.75, 3.05) is 5.43 Å². The van der Waals surface area contributed by atoms with Gasteiger partial charge in [-0.15, -0.1) is 0 Å². The summed E-state index contributed by atoms with van der Waals surface area (Å²) in [5.41, 5.74) is 5.13. The molecule has 0 aliphatic rings. The molecule has 0 radical (unpaired) electrons. The zero-order valence-electron chi connectivity index (χ0n) is 9.28. The summed E-state index contributed by atoms with van der Waals surface area (Å²) < 4.78 is 0. The van der Waals surface area contributed by atoms with Crippen molar-refractivity contribution < 1.29 is 0 Å². The number of hydrazone groups is 1. The number of fused-ring (bicyclic) bond motifs is 1. The summed E-state index contributed by atoms with van der Waals surface area (Å²) in [7, 11) is 0. The van der Waals surface area contributed by atoms with Gasteiger partial charge >= 0.3 is 0 Å². The number of aromatic amines is 1. The zero-order chi connectivity index (χ0) is 12.2. The summed E-state index contributed by atoms with van der Waals surface area (Å²) in [4.78, 5) is 19.0. The SMILES string of the molecule is C(=N\Nc1ncnc2nc[nH]c12)/c1ccncc1. The standard InChI is InChI=1S/C11H9N7/c1-3-12-4-2-8(1)5-17-18-11-9-10(14-6-13-9)15-7-16-11/h1-7H,(H2,13,14,15,16,18)/b17-5+. The van der Waals surface area contributed by atoms with Gasteiger partial charge in [-0.2, -0.15) is 5.10 Å². The van der Waals surface area contributed by atoms with Gasteiger partial charge in [-0.05, 0) is 17.7 Å². The summed E-state index contributed by atoms with van der Waals surface area (Å²) in [6.07, 6.45) is 8.11. The number of hydrogen-bond acceptors (Lipinski definition) is 6. The molecule has 7 heteroatoms. The maximum Gasteiger partial charge on any atom is 0.182 e. The molecule has 0 bridgehead atoms. The van der Waals surface area contributed by atoms with Gasteiger partial charge in [0.2, 0.25) is 0 Å². The second kappa shape index (κ2) is 4.58. The number of anilines is 1. The van der Waals surface area contributed by atoms with Crippen molar-refractivity contribution in [2.45, 2.75) is 0 Å². The third kappa shape index (κ3) is 2.01. The fourth-order valence-corrected chi connectivity index (χ4v) is 1.47. The van der Waals surface area contributed by atoms with Crippen LogP contribution in [0, 0.1) is 0 Å². The van der Waals surface area contributed by atoms with Crippen LogP contribution in [0.2, 0.25) is 0 Å². The number of imidazole rings is 1. The minimum atomic E-state index is 0.586. The molecular formula is C11H9N7. The molecule has 3 aromatic heterocycles. The maximum atomic E-state index is 4.10. The second-order valence-corrected chi connectivity index (χ2v) is 3.47. The van der Waals surface area contributed by atoms with Gasteiger partial charge in [-0.3, -0.25) is 10.4 Å². The highest BCUT2D eigenvalue weighted by atomic mass is 15.3. The van der Waals surface area contributed by atoms with Crippen molar-refractivity contribution in [3.8, 4) is 0 Å². The Kier molecular flexibility index (Phi) is 2.63. The van der Waals surface area contributed by atoms with E-state index in [1.54, 1.807) is 24.9 Å². The Morgan fingerprint density at radius 3 is 2.94 bits per heavy atom. The van der Waals surface area contributed by atoms with E-state index in [1.807, 2.05) is 12.1 Å². The van der Waals surface area contributed by atoms with E-state index < -0.39 is 0 Å². The summed E-state index contributed by atoms with van der Waals surface area (Å²) >= 11 is 0. The Hall–Kier alpha value is -2.83. The molecule has 3 aromatic rings. The van der Waals surface area contributed by atoms with Crippen molar-refractivity contribution >= 4 is 23.2 Å². The summed E-state index contributed by atoms with van der Waals surface area (Å²) in [5, 5.41) is 4.10. The van der Waals surface area contributed by atoms with E-state index in [-0.39, 0.29) is 0 Å². The van der Waals surface area contributed by atoms with Crippen LogP contribution in [0.3, 0.4) is 0 Å². The Balaban J connectivity index is 1.81. The number of nitrogens with one attached hydrogen (secondary N) is 2. The number of H-pyrrole nitrogens is 1. The van der Waals surface area contributed by atoms with Crippen LogP contribution in [-0.4, -0.2) is 31.1 Å². The topological polar surface area (TPSA) is 91.7 Å². The quantitative estimate of drug-likeness (QED) is 0.529. The Morgan fingerprint density at radius 2 is 2.06 bits per heavy atom. The van der Waals surface area contributed by atoms with E-state index in [1.165, 1.54) is 6.33 Å². The monoisotopic (exact) mass is 239 g/mol. The second-order valence-electron chi connectivity index (χ2n) is 3.47. The molecule has 88 valence electrons. The Morgan fingerprint density at radius 1 is 1.17 bits per heavy atom. The van der Waals surface area contributed by atoms with E-state index in [4.69, 9.17) is 0 Å². The van der Waals surface area contributed by atoms with Gasteiger partial charge in [-0.25, -0.2) is 15.0 Å². The van der Waals surface area contributed by atoms with Crippen molar-refractivity contribution in [3.63, 3.8) is 0 Å². The molecule has 0 atom stereocenters. The number of rotatable bonds is 3. The predicted molar refractivity (Wildman–Crippen MR) is 67.1 cm³/mol. The van der Waals surface area contributed by atoms with Crippen molar-refractivity contribution in [3.05, 3.63) is 42.7 Å². The highest BCUT2D eigenvalue weighted by Crippen LogP contribution is 2.13. The first-order chi connectivity index (χ1) is 8.93. The molecule has 0 fully saturated rings. The van der Waals surface area contributed by atoms with Gasteiger partial charge in [0.15, 0.2) is 11.5 Å². The molecule has 18 heavy (non-hydrogen) atoms. The third-order valence-corrected chi connectivity index (χ3v) is 2.31. The molecule has 0 saturated heterocycles. The summed E-state index contributed by atoms with van der Waals surface area (Å²) in [6.45, 7) is 0. The molecule has 0 aliphatic carbocycles. The third-order valence-electron chi connectivity index (χ3n) is 2.31. The lowest BCUT2D eigenvalue weighted by Crippen LogP contribution is -1.95. The minimum absolute atomic E-state index is 0.586. The van der Waals surface area contributed by atoms with Crippen LogP contribution in [0.15, 0.2) is 42.3 Å². The molecule has 3 heterocycles. The molecule has 0 aliphatic heterocycles. The van der Waals surface area contributed by atoms with E-state index in [2.05, 4.69) is 35.4 Å². The molecule has 0 saturated carbocycles. The average Bonchev–Trinajstić information content (AvgIpc) is 2.89. The number of aromatic nitrogens is 5. The van der Waals surface area contributed by atoms with Crippen LogP contribution in [0.25, 0.3) is 11.2 Å². The zero-order valence-corrected chi connectivity index (χ0v) is 9.28.